The monoisotopic (exact) mass is 587 g/mol. The van der Waals surface area contributed by atoms with Crippen LogP contribution in [0.3, 0.4) is 0 Å². The smallest absolute Gasteiger partial charge is 0.343 e. The van der Waals surface area contributed by atoms with Crippen LogP contribution >= 0.6 is 35.0 Å². The molecule has 3 aromatic rings. The van der Waals surface area contributed by atoms with Crippen LogP contribution in [0.5, 0.6) is 23.0 Å². The number of nitrogens with zero attached hydrogens (tertiary/aromatic N) is 1. The minimum Gasteiger partial charge on any atom is -0.493 e. The molecule has 1 fully saturated rings. The average molecular weight is 588 g/mol. The number of hydrogen-bond donors (Lipinski definition) is 0. The van der Waals surface area contributed by atoms with Gasteiger partial charge in [-0.25, -0.2) is 4.79 Å². The van der Waals surface area contributed by atoms with Crippen LogP contribution in [0, 0.1) is 0 Å². The molecule has 8 nitrogen and oxygen atoms in total. The molecule has 3 aromatic carbocycles. The number of benzene rings is 3. The van der Waals surface area contributed by atoms with Crippen molar-refractivity contribution in [3.63, 3.8) is 0 Å². The highest BCUT2D eigenvalue weighted by Gasteiger charge is 2.35. The number of hydrogen-bond acceptors (Lipinski definition) is 8. The minimum atomic E-state index is -0.662. The third-order valence-electron chi connectivity index (χ3n) is 5.40. The molecule has 1 heterocycles. The predicted molar refractivity (Wildman–Crippen MR) is 150 cm³/mol. The zero-order valence-electron chi connectivity index (χ0n) is 20.9. The fourth-order valence-corrected chi connectivity index (χ4v) is 4.94. The maximum atomic E-state index is 13.0. The largest absolute Gasteiger partial charge is 0.493 e. The van der Waals surface area contributed by atoms with Crippen LogP contribution in [-0.2, 0) is 4.79 Å². The summed E-state index contributed by atoms with van der Waals surface area (Å²) in [4.78, 5) is 39.5. The lowest BCUT2D eigenvalue weighted by atomic mass is 10.1. The fourth-order valence-electron chi connectivity index (χ4n) is 3.63. The quantitative estimate of drug-likeness (QED) is 0.146. The van der Waals surface area contributed by atoms with Gasteiger partial charge >= 0.3 is 5.97 Å². The molecular weight excluding hydrogens is 565 g/mol. The van der Waals surface area contributed by atoms with Crippen molar-refractivity contribution in [2.45, 2.75) is 6.92 Å². The molecule has 0 unspecified atom stereocenters. The maximum absolute atomic E-state index is 13.0. The van der Waals surface area contributed by atoms with E-state index in [1.165, 1.54) is 25.3 Å². The van der Waals surface area contributed by atoms with E-state index in [1.54, 1.807) is 49.4 Å². The first-order valence-electron chi connectivity index (χ1n) is 11.8. The molecule has 0 aromatic heterocycles. The zero-order valence-corrected chi connectivity index (χ0v) is 23.3. The number of halogens is 2. The number of carbonyl (C=O) groups is 3. The first kappa shape index (κ1) is 28.4. The molecular formula is C28H23Cl2NO7S. The number of rotatable bonds is 10. The summed E-state index contributed by atoms with van der Waals surface area (Å²) in [5, 5.41) is 0.0568. The molecule has 0 bridgehead atoms. The molecule has 1 aliphatic heterocycles. The van der Waals surface area contributed by atoms with Gasteiger partial charge in [0.05, 0.1) is 35.8 Å². The number of carbonyl (C=O) groups excluding carboxylic acids is 3. The molecule has 0 N–H and O–H groups in total. The lowest BCUT2D eigenvalue weighted by Crippen LogP contribution is -2.32. The van der Waals surface area contributed by atoms with Gasteiger partial charge in [-0.15, -0.1) is 0 Å². The second kappa shape index (κ2) is 12.9. The van der Waals surface area contributed by atoms with E-state index >= 15 is 0 Å². The van der Waals surface area contributed by atoms with Gasteiger partial charge in [-0.2, -0.15) is 0 Å². The minimum absolute atomic E-state index is 0.0298. The van der Waals surface area contributed by atoms with Crippen molar-refractivity contribution < 1.29 is 33.3 Å². The second-order valence-electron chi connectivity index (χ2n) is 8.00. The summed E-state index contributed by atoms with van der Waals surface area (Å²) in [5.74, 6) is 0.175. The van der Waals surface area contributed by atoms with Crippen LogP contribution in [0.2, 0.25) is 10.0 Å². The van der Waals surface area contributed by atoms with Gasteiger partial charge in [0.1, 0.15) is 6.61 Å². The second-order valence-corrected chi connectivity index (χ2v) is 9.83. The summed E-state index contributed by atoms with van der Waals surface area (Å²) in [6.07, 6.45) is 1.53. The molecule has 0 saturated carbocycles. The van der Waals surface area contributed by atoms with Crippen molar-refractivity contribution in [3.8, 4) is 23.0 Å². The molecule has 0 atom stereocenters. The Balaban J connectivity index is 1.49. The average Bonchev–Trinajstić information content (AvgIpc) is 3.18. The highest BCUT2D eigenvalue weighted by Crippen LogP contribution is 2.39. The van der Waals surface area contributed by atoms with Crippen LogP contribution in [0.25, 0.3) is 6.08 Å². The van der Waals surface area contributed by atoms with Gasteiger partial charge in [-0.3, -0.25) is 14.5 Å². The highest BCUT2D eigenvalue weighted by atomic mass is 35.5. The first-order chi connectivity index (χ1) is 18.8. The van der Waals surface area contributed by atoms with E-state index in [9.17, 15) is 14.4 Å². The summed E-state index contributed by atoms with van der Waals surface area (Å²) in [7, 11) is 1.53. The van der Waals surface area contributed by atoms with E-state index in [-0.39, 0.29) is 46.7 Å². The van der Waals surface area contributed by atoms with Crippen molar-refractivity contribution in [2.75, 3.05) is 26.9 Å². The molecule has 202 valence electrons. The van der Waals surface area contributed by atoms with E-state index in [4.69, 9.17) is 42.1 Å². The Bertz CT molecular complexity index is 1440. The van der Waals surface area contributed by atoms with Crippen LogP contribution < -0.4 is 18.9 Å². The van der Waals surface area contributed by atoms with Crippen LogP contribution in [0.1, 0.15) is 22.8 Å². The lowest BCUT2D eigenvalue weighted by molar-refractivity contribution is -0.123. The molecule has 0 aliphatic carbocycles. The third kappa shape index (κ3) is 6.86. The summed E-state index contributed by atoms with van der Waals surface area (Å²) < 4.78 is 22.1. The lowest BCUT2D eigenvalue weighted by Gasteiger charge is -2.15. The van der Waals surface area contributed by atoms with Gasteiger partial charge in [-0.1, -0.05) is 41.4 Å². The van der Waals surface area contributed by atoms with Crippen LogP contribution in [0.4, 0.5) is 4.79 Å². The highest BCUT2D eigenvalue weighted by molar-refractivity contribution is 8.18. The fraction of sp³-hybridized carbons (Fsp3) is 0.179. The number of esters is 1. The summed E-state index contributed by atoms with van der Waals surface area (Å²) in [5.41, 5.74) is 0.732. The Morgan fingerprint density at radius 3 is 2.46 bits per heavy atom. The Hall–Kier alpha value is -3.66. The third-order valence-corrected chi connectivity index (χ3v) is 6.82. The standard InChI is InChI=1S/C28H23Cl2NO7S/c1-3-36-23-14-17(13-20(30)25(23)38-27(33)18-7-6-8-19(29)16-18)15-24-26(32)31(28(34)39-24)11-12-37-22-10-5-4-9-21(22)35-2/h4-10,13-16H,3,11-12H2,1-2H3/b24-15-. The molecule has 0 spiro atoms. The summed E-state index contributed by atoms with van der Waals surface area (Å²) >= 11 is 13.2. The number of methoxy groups -OCH3 is 1. The van der Waals surface area contributed by atoms with Gasteiger partial charge in [0.25, 0.3) is 11.1 Å². The van der Waals surface area contributed by atoms with E-state index in [0.29, 0.717) is 22.1 Å². The van der Waals surface area contributed by atoms with Gasteiger partial charge in [0, 0.05) is 5.02 Å². The van der Waals surface area contributed by atoms with Crippen molar-refractivity contribution >= 4 is 58.2 Å². The van der Waals surface area contributed by atoms with Crippen molar-refractivity contribution in [3.05, 3.63) is 86.7 Å². The van der Waals surface area contributed by atoms with Gasteiger partial charge in [0.2, 0.25) is 0 Å². The molecule has 2 amide bonds. The van der Waals surface area contributed by atoms with E-state index < -0.39 is 17.1 Å². The topological polar surface area (TPSA) is 91.4 Å². The Morgan fingerprint density at radius 2 is 1.74 bits per heavy atom. The van der Waals surface area contributed by atoms with Gasteiger partial charge in [0.15, 0.2) is 23.0 Å². The molecule has 1 saturated heterocycles. The Labute approximate surface area is 239 Å². The summed E-state index contributed by atoms with van der Waals surface area (Å²) in [6, 6.07) is 16.5. The van der Waals surface area contributed by atoms with Crippen LogP contribution in [0.15, 0.2) is 65.6 Å². The first-order valence-corrected chi connectivity index (χ1v) is 13.3. The van der Waals surface area contributed by atoms with Gasteiger partial charge < -0.3 is 18.9 Å². The van der Waals surface area contributed by atoms with E-state index in [2.05, 4.69) is 0 Å². The number of amides is 2. The number of ether oxygens (including phenoxy) is 4. The molecule has 0 radical (unpaired) electrons. The van der Waals surface area contributed by atoms with Crippen LogP contribution in [-0.4, -0.2) is 48.9 Å². The Kier molecular flexibility index (Phi) is 9.40. The number of imide groups is 1. The number of para-hydroxylation sites is 2. The molecule has 4 rings (SSSR count). The number of thioether (sulfide) groups is 1. The zero-order chi connectivity index (χ0) is 27.9. The normalized spacial score (nSPS) is 14.1. The van der Waals surface area contributed by atoms with E-state index in [1.807, 2.05) is 6.07 Å². The molecule has 1 aliphatic rings. The Morgan fingerprint density at radius 1 is 0.974 bits per heavy atom. The van der Waals surface area contributed by atoms with Gasteiger partial charge in [-0.05, 0) is 72.8 Å². The van der Waals surface area contributed by atoms with Crippen molar-refractivity contribution in [2.24, 2.45) is 0 Å². The van der Waals surface area contributed by atoms with Crippen molar-refractivity contribution in [1.29, 1.82) is 0 Å². The predicted octanol–water partition coefficient (Wildman–Crippen LogP) is 6.74. The molecule has 39 heavy (non-hydrogen) atoms. The van der Waals surface area contributed by atoms with E-state index in [0.717, 1.165) is 16.7 Å². The molecule has 11 heteroatoms. The summed E-state index contributed by atoms with van der Waals surface area (Å²) in [6.45, 7) is 2.19. The SMILES string of the molecule is CCOc1cc(/C=C2\SC(=O)N(CCOc3ccccc3OC)C2=O)cc(Cl)c1OC(=O)c1cccc(Cl)c1. The maximum Gasteiger partial charge on any atom is 0.343 e. The van der Waals surface area contributed by atoms with Crippen molar-refractivity contribution in [1.82, 2.24) is 4.90 Å².